The van der Waals surface area contributed by atoms with Crippen molar-refractivity contribution in [3.63, 3.8) is 0 Å². The number of aliphatic hydroxyl groups is 1. The normalized spacial score (nSPS) is 31.2. The van der Waals surface area contributed by atoms with Gasteiger partial charge >= 0.3 is 0 Å². The van der Waals surface area contributed by atoms with Gasteiger partial charge in [-0.2, -0.15) is 0 Å². The second kappa shape index (κ2) is 4.58. The van der Waals surface area contributed by atoms with Crippen LogP contribution >= 0.6 is 0 Å². The summed E-state index contributed by atoms with van der Waals surface area (Å²) >= 11 is 0. The molecule has 1 amide bonds. The third-order valence-corrected chi connectivity index (χ3v) is 4.21. The lowest BCUT2D eigenvalue weighted by atomic mass is 9.92. The van der Waals surface area contributed by atoms with Crippen molar-refractivity contribution in [2.24, 2.45) is 0 Å². The molecule has 1 aliphatic heterocycles. The van der Waals surface area contributed by atoms with Crippen LogP contribution in [-0.2, 0) is 4.79 Å². The third-order valence-electron chi connectivity index (χ3n) is 4.21. The summed E-state index contributed by atoms with van der Waals surface area (Å²) in [6.07, 6.45) is 4.70. The fraction of sp³-hybridized carbons (Fsp3) is 0.923. The van der Waals surface area contributed by atoms with Crippen LogP contribution in [0.4, 0.5) is 0 Å². The van der Waals surface area contributed by atoms with Crippen molar-refractivity contribution in [3.8, 4) is 0 Å². The predicted octanol–water partition coefficient (Wildman–Crippen LogP) is 0.843. The van der Waals surface area contributed by atoms with Crippen LogP contribution < -0.4 is 0 Å². The number of piperazine rings is 1. The van der Waals surface area contributed by atoms with Gasteiger partial charge in [0.05, 0.1) is 12.1 Å². The number of aliphatic hydroxyl groups excluding tert-OH is 1. The third kappa shape index (κ3) is 2.20. The quantitative estimate of drug-likeness (QED) is 0.778. The smallest absolute Gasteiger partial charge is 0.243 e. The first-order valence-electron chi connectivity index (χ1n) is 6.61. The molecule has 0 spiro atoms. The Balaban J connectivity index is 2.23. The fourth-order valence-electron chi connectivity index (χ4n) is 3.50. The molecule has 1 atom stereocenters. The van der Waals surface area contributed by atoms with Gasteiger partial charge in [0.15, 0.2) is 0 Å². The highest BCUT2D eigenvalue weighted by molar-refractivity contribution is 5.84. The summed E-state index contributed by atoms with van der Waals surface area (Å²) in [7, 11) is 1.92. The number of carbonyl (C=O) groups excluding carboxylic acids is 1. The van der Waals surface area contributed by atoms with E-state index in [-0.39, 0.29) is 24.1 Å². The van der Waals surface area contributed by atoms with E-state index in [0.717, 1.165) is 19.4 Å². The maximum Gasteiger partial charge on any atom is 0.243 e. The SMILES string of the molecule is CN1CC(C)(C)N(C2CCCC2)C(=O)C1CO. The number of amides is 1. The Hall–Kier alpha value is -0.610. The molecule has 0 aromatic heterocycles. The Bertz CT molecular complexity index is 298. The largest absolute Gasteiger partial charge is 0.394 e. The minimum Gasteiger partial charge on any atom is -0.394 e. The second-order valence-corrected chi connectivity index (χ2v) is 6.07. The molecule has 17 heavy (non-hydrogen) atoms. The van der Waals surface area contributed by atoms with E-state index < -0.39 is 0 Å². The molecule has 1 saturated carbocycles. The highest BCUT2D eigenvalue weighted by Gasteiger charge is 2.46. The van der Waals surface area contributed by atoms with Crippen LogP contribution in [0, 0.1) is 0 Å². The maximum absolute atomic E-state index is 12.5. The first kappa shape index (κ1) is 12.8. The topological polar surface area (TPSA) is 43.8 Å². The molecule has 4 nitrogen and oxygen atoms in total. The van der Waals surface area contributed by atoms with Crippen molar-refractivity contribution in [1.82, 2.24) is 9.80 Å². The van der Waals surface area contributed by atoms with Crippen LogP contribution in [0.15, 0.2) is 0 Å². The van der Waals surface area contributed by atoms with Crippen LogP contribution in [0.2, 0.25) is 0 Å². The number of hydrogen-bond donors (Lipinski definition) is 1. The number of hydrogen-bond acceptors (Lipinski definition) is 3. The Morgan fingerprint density at radius 1 is 1.35 bits per heavy atom. The van der Waals surface area contributed by atoms with Crippen molar-refractivity contribution in [2.75, 3.05) is 20.2 Å². The molecular weight excluding hydrogens is 216 g/mol. The number of nitrogens with zero attached hydrogens (tertiary/aromatic N) is 2. The van der Waals surface area contributed by atoms with Gasteiger partial charge in [0.1, 0.15) is 6.04 Å². The number of likely N-dealkylation sites (N-methyl/N-ethyl adjacent to an activating group) is 1. The predicted molar refractivity (Wildman–Crippen MR) is 66.7 cm³/mol. The van der Waals surface area contributed by atoms with Crippen molar-refractivity contribution in [3.05, 3.63) is 0 Å². The van der Waals surface area contributed by atoms with E-state index in [2.05, 4.69) is 18.7 Å². The average molecular weight is 240 g/mol. The Morgan fingerprint density at radius 2 is 1.94 bits per heavy atom. The summed E-state index contributed by atoms with van der Waals surface area (Å²) in [5.74, 6) is 0.109. The molecule has 1 saturated heterocycles. The molecule has 2 rings (SSSR count). The van der Waals surface area contributed by atoms with E-state index in [1.807, 2.05) is 11.9 Å². The summed E-state index contributed by atoms with van der Waals surface area (Å²) in [5.41, 5.74) is -0.119. The maximum atomic E-state index is 12.5. The summed E-state index contributed by atoms with van der Waals surface area (Å²) < 4.78 is 0. The summed E-state index contributed by atoms with van der Waals surface area (Å²) in [6.45, 7) is 5.02. The van der Waals surface area contributed by atoms with Crippen LogP contribution in [0.3, 0.4) is 0 Å². The van der Waals surface area contributed by atoms with Crippen LogP contribution in [0.25, 0.3) is 0 Å². The first-order chi connectivity index (χ1) is 7.97. The van der Waals surface area contributed by atoms with E-state index in [9.17, 15) is 9.90 Å². The van der Waals surface area contributed by atoms with E-state index in [4.69, 9.17) is 0 Å². The molecule has 2 fully saturated rings. The van der Waals surface area contributed by atoms with E-state index >= 15 is 0 Å². The lowest BCUT2D eigenvalue weighted by Crippen LogP contribution is -2.68. The van der Waals surface area contributed by atoms with Crippen LogP contribution in [-0.4, -0.2) is 58.6 Å². The van der Waals surface area contributed by atoms with E-state index in [0.29, 0.717) is 6.04 Å². The molecule has 0 bridgehead atoms. The highest BCUT2D eigenvalue weighted by atomic mass is 16.3. The van der Waals surface area contributed by atoms with Gasteiger partial charge in [-0.15, -0.1) is 0 Å². The van der Waals surface area contributed by atoms with E-state index in [1.54, 1.807) is 0 Å². The lowest BCUT2D eigenvalue weighted by molar-refractivity contribution is -0.156. The van der Waals surface area contributed by atoms with Crippen LogP contribution in [0.5, 0.6) is 0 Å². The lowest BCUT2D eigenvalue weighted by Gasteiger charge is -2.51. The minimum atomic E-state index is -0.344. The summed E-state index contributed by atoms with van der Waals surface area (Å²) in [5, 5.41) is 9.37. The van der Waals surface area contributed by atoms with Crippen molar-refractivity contribution < 1.29 is 9.90 Å². The zero-order valence-electron chi connectivity index (χ0n) is 11.1. The number of carbonyl (C=O) groups is 1. The molecule has 2 aliphatic rings. The average Bonchev–Trinajstić information content (AvgIpc) is 2.69. The van der Waals surface area contributed by atoms with Gasteiger partial charge in [-0.1, -0.05) is 12.8 Å². The summed E-state index contributed by atoms with van der Waals surface area (Å²) in [6, 6.07) is 0.0453. The van der Waals surface area contributed by atoms with Crippen LogP contribution in [0.1, 0.15) is 39.5 Å². The first-order valence-corrected chi connectivity index (χ1v) is 6.61. The zero-order chi connectivity index (χ0) is 12.6. The Labute approximate surface area is 104 Å². The molecule has 1 N–H and O–H groups in total. The molecule has 4 heteroatoms. The molecule has 98 valence electrons. The zero-order valence-corrected chi connectivity index (χ0v) is 11.1. The molecule has 0 radical (unpaired) electrons. The van der Waals surface area contributed by atoms with Gasteiger partial charge in [-0.25, -0.2) is 0 Å². The molecule has 1 unspecified atom stereocenters. The molecule has 0 aromatic carbocycles. The minimum absolute atomic E-state index is 0.0748. The molecular formula is C13H24N2O2. The van der Waals surface area contributed by atoms with E-state index in [1.165, 1.54) is 12.8 Å². The summed E-state index contributed by atoms with van der Waals surface area (Å²) in [4.78, 5) is 16.5. The van der Waals surface area contributed by atoms with Crippen molar-refractivity contribution in [1.29, 1.82) is 0 Å². The number of rotatable bonds is 2. The van der Waals surface area contributed by atoms with Gasteiger partial charge in [0.25, 0.3) is 0 Å². The van der Waals surface area contributed by atoms with Gasteiger partial charge in [0, 0.05) is 12.6 Å². The Kier molecular flexibility index (Phi) is 3.46. The van der Waals surface area contributed by atoms with Gasteiger partial charge in [0.2, 0.25) is 5.91 Å². The molecule has 0 aromatic rings. The fourth-order valence-corrected chi connectivity index (χ4v) is 3.50. The molecule has 1 aliphatic carbocycles. The van der Waals surface area contributed by atoms with Gasteiger partial charge in [-0.3, -0.25) is 9.69 Å². The van der Waals surface area contributed by atoms with Crippen molar-refractivity contribution >= 4 is 5.91 Å². The monoisotopic (exact) mass is 240 g/mol. The molecule has 1 heterocycles. The standard InChI is InChI=1S/C13H24N2O2/c1-13(2)9-14(3)11(8-16)12(17)15(13)10-6-4-5-7-10/h10-11,16H,4-9H2,1-3H3. The van der Waals surface area contributed by atoms with Gasteiger partial charge in [-0.05, 0) is 33.7 Å². The van der Waals surface area contributed by atoms with Crippen molar-refractivity contribution in [2.45, 2.75) is 57.2 Å². The highest BCUT2D eigenvalue weighted by Crippen LogP contribution is 2.33. The second-order valence-electron chi connectivity index (χ2n) is 6.07. The Morgan fingerprint density at radius 3 is 2.47 bits per heavy atom. The van der Waals surface area contributed by atoms with Gasteiger partial charge < -0.3 is 10.0 Å².